The van der Waals surface area contributed by atoms with Crippen LogP contribution in [-0.2, 0) is 16.0 Å². The molecule has 0 spiro atoms. The Labute approximate surface area is 116 Å². The van der Waals surface area contributed by atoms with Crippen LogP contribution in [0.3, 0.4) is 0 Å². The Morgan fingerprint density at radius 2 is 1.95 bits per heavy atom. The SMILES string of the molecule is CC(C)(C)OC(=O)Nc1c(F)ccc(NS(=O)[O-])c1F. The normalized spacial score (nSPS) is 12.7. The number of amides is 1. The van der Waals surface area contributed by atoms with Crippen LogP contribution in [-0.4, -0.2) is 20.5 Å². The molecule has 0 bridgehead atoms. The van der Waals surface area contributed by atoms with Crippen molar-refractivity contribution in [2.45, 2.75) is 26.4 Å². The van der Waals surface area contributed by atoms with E-state index in [4.69, 9.17) is 4.74 Å². The number of benzene rings is 1. The lowest BCUT2D eigenvalue weighted by molar-refractivity contribution is 0.0634. The van der Waals surface area contributed by atoms with Crippen molar-refractivity contribution in [3.63, 3.8) is 0 Å². The predicted octanol–water partition coefficient (Wildman–Crippen LogP) is 2.52. The molecule has 0 aliphatic heterocycles. The third-order valence-corrected chi connectivity index (χ3v) is 2.30. The Morgan fingerprint density at radius 3 is 2.45 bits per heavy atom. The molecule has 0 heterocycles. The zero-order valence-electron chi connectivity index (χ0n) is 11.0. The van der Waals surface area contributed by atoms with Crippen LogP contribution < -0.4 is 10.0 Å². The first kappa shape index (κ1) is 16.3. The molecule has 0 fully saturated rings. The van der Waals surface area contributed by atoms with E-state index >= 15 is 0 Å². The molecule has 0 radical (unpaired) electrons. The fraction of sp³-hybridized carbons (Fsp3) is 0.364. The van der Waals surface area contributed by atoms with Gasteiger partial charge in [-0.2, -0.15) is 0 Å². The molecule has 1 atom stereocenters. The molecule has 0 saturated heterocycles. The van der Waals surface area contributed by atoms with Gasteiger partial charge in [0.05, 0.1) is 5.69 Å². The fourth-order valence-electron chi connectivity index (χ4n) is 1.24. The molecule has 112 valence electrons. The number of nitrogens with one attached hydrogen (secondary N) is 2. The summed E-state index contributed by atoms with van der Waals surface area (Å²) in [6.07, 6.45) is -1.06. The molecular formula is C11H13F2N2O4S-. The van der Waals surface area contributed by atoms with Crippen molar-refractivity contribution in [2.24, 2.45) is 0 Å². The van der Waals surface area contributed by atoms with Crippen LogP contribution in [0.5, 0.6) is 0 Å². The molecule has 1 rings (SSSR count). The van der Waals surface area contributed by atoms with Crippen LogP contribution in [0, 0.1) is 11.6 Å². The first-order valence-corrected chi connectivity index (χ1v) is 6.51. The molecule has 1 aromatic rings. The van der Waals surface area contributed by atoms with Gasteiger partial charge in [-0.25, -0.2) is 13.6 Å². The van der Waals surface area contributed by atoms with Gasteiger partial charge in [0.15, 0.2) is 5.82 Å². The summed E-state index contributed by atoms with van der Waals surface area (Å²) < 4.78 is 54.8. The Hall–Kier alpha value is -1.74. The largest absolute Gasteiger partial charge is 0.755 e. The van der Waals surface area contributed by atoms with E-state index in [2.05, 4.69) is 0 Å². The van der Waals surface area contributed by atoms with Gasteiger partial charge >= 0.3 is 6.09 Å². The Balaban J connectivity index is 3.00. The molecule has 0 aliphatic rings. The first-order valence-electron chi connectivity index (χ1n) is 5.44. The molecule has 0 aliphatic carbocycles. The van der Waals surface area contributed by atoms with Crippen LogP contribution in [0.25, 0.3) is 0 Å². The van der Waals surface area contributed by atoms with E-state index in [1.54, 1.807) is 25.5 Å². The van der Waals surface area contributed by atoms with Gasteiger partial charge in [0.25, 0.3) is 0 Å². The first-order chi connectivity index (χ1) is 9.10. The van der Waals surface area contributed by atoms with E-state index in [9.17, 15) is 22.3 Å². The monoisotopic (exact) mass is 307 g/mol. The number of hydrogen-bond donors (Lipinski definition) is 2. The van der Waals surface area contributed by atoms with Gasteiger partial charge in [-0.1, -0.05) is 0 Å². The predicted molar refractivity (Wildman–Crippen MR) is 68.8 cm³/mol. The molecule has 2 N–H and O–H groups in total. The Morgan fingerprint density at radius 1 is 1.35 bits per heavy atom. The summed E-state index contributed by atoms with van der Waals surface area (Å²) in [6.45, 7) is 4.74. The van der Waals surface area contributed by atoms with Gasteiger partial charge in [-0.05, 0) is 32.9 Å². The molecule has 0 saturated carbocycles. The number of carbonyl (C=O) groups excluding carboxylic acids is 1. The van der Waals surface area contributed by atoms with Gasteiger partial charge in [-0.3, -0.25) is 9.53 Å². The molecule has 9 heteroatoms. The number of carbonyl (C=O) groups is 1. The van der Waals surface area contributed by atoms with Crippen LogP contribution in [0.1, 0.15) is 20.8 Å². The van der Waals surface area contributed by atoms with Gasteiger partial charge in [-0.15, -0.1) is 0 Å². The van der Waals surface area contributed by atoms with Crippen molar-refractivity contribution in [1.82, 2.24) is 0 Å². The summed E-state index contributed by atoms with van der Waals surface area (Å²) in [6, 6.07) is 1.70. The average molecular weight is 307 g/mol. The van der Waals surface area contributed by atoms with E-state index in [1.807, 2.05) is 5.32 Å². The van der Waals surface area contributed by atoms with Gasteiger partial charge in [0.1, 0.15) is 17.1 Å². The van der Waals surface area contributed by atoms with E-state index in [0.717, 1.165) is 12.1 Å². The molecule has 6 nitrogen and oxygen atoms in total. The minimum Gasteiger partial charge on any atom is -0.755 e. The third kappa shape index (κ3) is 4.74. The van der Waals surface area contributed by atoms with E-state index in [1.165, 1.54) is 0 Å². The zero-order valence-corrected chi connectivity index (χ0v) is 11.8. The topological polar surface area (TPSA) is 90.5 Å². The summed E-state index contributed by atoms with van der Waals surface area (Å²) in [5.74, 6) is -2.31. The molecular weight excluding hydrogens is 294 g/mol. The van der Waals surface area contributed by atoms with Gasteiger partial charge < -0.3 is 14.0 Å². The lowest BCUT2D eigenvalue weighted by atomic mass is 10.2. The maximum atomic E-state index is 13.8. The molecule has 1 aromatic carbocycles. The Kier molecular flexibility index (Phi) is 5.01. The summed E-state index contributed by atoms with van der Waals surface area (Å²) in [7, 11) is 0. The second-order valence-electron chi connectivity index (χ2n) is 4.75. The molecule has 20 heavy (non-hydrogen) atoms. The lowest BCUT2D eigenvalue weighted by Gasteiger charge is -2.20. The maximum Gasteiger partial charge on any atom is 0.412 e. The maximum absolute atomic E-state index is 13.8. The average Bonchev–Trinajstić information content (AvgIpc) is 2.25. The van der Waals surface area contributed by atoms with Crippen LogP contribution in [0.15, 0.2) is 12.1 Å². The van der Waals surface area contributed by atoms with Crippen molar-refractivity contribution in [2.75, 3.05) is 10.0 Å². The number of rotatable bonds is 3. The molecule has 1 unspecified atom stereocenters. The number of halogens is 2. The van der Waals surface area contributed by atoms with E-state index in [-0.39, 0.29) is 0 Å². The highest BCUT2D eigenvalue weighted by Gasteiger charge is 2.20. The lowest BCUT2D eigenvalue weighted by Crippen LogP contribution is -2.28. The number of anilines is 2. The van der Waals surface area contributed by atoms with Crippen molar-refractivity contribution in [3.8, 4) is 0 Å². The van der Waals surface area contributed by atoms with E-state index in [0.29, 0.717) is 0 Å². The van der Waals surface area contributed by atoms with Gasteiger partial charge in [0.2, 0.25) is 0 Å². The second kappa shape index (κ2) is 6.14. The third-order valence-electron chi connectivity index (χ3n) is 1.91. The zero-order chi connectivity index (χ0) is 15.5. The van der Waals surface area contributed by atoms with Crippen LogP contribution >= 0.6 is 0 Å². The van der Waals surface area contributed by atoms with Crippen molar-refractivity contribution in [3.05, 3.63) is 23.8 Å². The van der Waals surface area contributed by atoms with Gasteiger partial charge in [0, 0.05) is 11.3 Å². The highest BCUT2D eigenvalue weighted by molar-refractivity contribution is 7.80. The molecule has 1 amide bonds. The van der Waals surface area contributed by atoms with Crippen LogP contribution in [0.4, 0.5) is 25.0 Å². The summed E-state index contributed by atoms with van der Waals surface area (Å²) in [5.41, 5.74) is -2.14. The van der Waals surface area contributed by atoms with E-state index < -0.39 is 46.0 Å². The molecule has 0 aromatic heterocycles. The number of ether oxygens (including phenoxy) is 1. The number of hydrogen-bond acceptors (Lipinski definition) is 4. The van der Waals surface area contributed by atoms with Crippen molar-refractivity contribution in [1.29, 1.82) is 0 Å². The smallest absolute Gasteiger partial charge is 0.412 e. The van der Waals surface area contributed by atoms with Crippen LogP contribution in [0.2, 0.25) is 0 Å². The fourth-order valence-corrected chi connectivity index (χ4v) is 1.58. The van der Waals surface area contributed by atoms with Crippen molar-refractivity contribution < 1.29 is 27.1 Å². The second-order valence-corrected chi connectivity index (χ2v) is 5.42. The van der Waals surface area contributed by atoms with Crippen molar-refractivity contribution >= 4 is 28.7 Å². The minimum atomic E-state index is -2.78. The minimum absolute atomic E-state index is 0.495. The summed E-state index contributed by atoms with van der Waals surface area (Å²) >= 11 is -2.78. The quantitative estimate of drug-likeness (QED) is 0.839. The highest BCUT2D eigenvalue weighted by atomic mass is 32.2. The highest BCUT2D eigenvalue weighted by Crippen LogP contribution is 2.26. The Bertz CT molecular complexity index is 546. The standard InChI is InChI=1S/C11H14F2N2O4S/c1-11(2,3)19-10(16)14-9-6(12)4-5-7(8(9)13)15-20(17)18/h4-5,15H,1-3H3,(H,14,16)(H,17,18)/p-1. The summed E-state index contributed by atoms with van der Waals surface area (Å²) in [4.78, 5) is 11.5. The summed E-state index contributed by atoms with van der Waals surface area (Å²) in [5, 5.41) is 1.90.